The second kappa shape index (κ2) is 4.67. The predicted octanol–water partition coefficient (Wildman–Crippen LogP) is 3.69. The highest BCUT2D eigenvalue weighted by molar-refractivity contribution is 6.31. The summed E-state index contributed by atoms with van der Waals surface area (Å²) < 4.78 is 39.6. The molecule has 0 bridgehead atoms. The van der Waals surface area contributed by atoms with Gasteiger partial charge in [0.25, 0.3) is 0 Å². The number of nitrogens with zero attached hydrogens (tertiary/aromatic N) is 2. The fourth-order valence-corrected chi connectivity index (χ4v) is 1.70. The molecule has 18 heavy (non-hydrogen) atoms. The molecule has 0 saturated carbocycles. The maximum atomic E-state index is 13.6. The van der Waals surface area contributed by atoms with Gasteiger partial charge < -0.3 is 0 Å². The Morgan fingerprint density at radius 1 is 1.06 bits per heavy atom. The van der Waals surface area contributed by atoms with E-state index in [0.29, 0.717) is 0 Å². The third-order valence-corrected chi connectivity index (χ3v) is 2.63. The summed E-state index contributed by atoms with van der Waals surface area (Å²) in [6.07, 6.45) is 1.25. The van der Waals surface area contributed by atoms with E-state index in [1.54, 1.807) is 6.07 Å². The molecule has 0 amide bonds. The minimum atomic E-state index is -1.59. The Morgan fingerprint density at radius 2 is 1.78 bits per heavy atom. The number of pyridine rings is 1. The van der Waals surface area contributed by atoms with Gasteiger partial charge in [-0.05, 0) is 18.2 Å². The highest BCUT2D eigenvalue weighted by atomic mass is 35.5. The van der Waals surface area contributed by atoms with Crippen LogP contribution in [0.5, 0.6) is 0 Å². The minimum Gasteiger partial charge on any atom is -0.243 e. The van der Waals surface area contributed by atoms with Gasteiger partial charge >= 0.3 is 0 Å². The SMILES string of the molecule is N#Cc1c(-c2ccc(F)c(F)c2F)ccnc1Cl. The molecule has 90 valence electrons. The Hall–Kier alpha value is -2.06. The van der Waals surface area contributed by atoms with Crippen LogP contribution in [0.2, 0.25) is 5.15 Å². The molecular formula is C12H4ClF3N2. The van der Waals surface area contributed by atoms with Crippen molar-refractivity contribution < 1.29 is 13.2 Å². The second-order valence-electron chi connectivity index (χ2n) is 3.36. The zero-order valence-corrected chi connectivity index (χ0v) is 9.47. The molecule has 0 atom stereocenters. The van der Waals surface area contributed by atoms with E-state index >= 15 is 0 Å². The molecule has 0 radical (unpaired) electrons. The molecule has 1 aromatic heterocycles. The first-order valence-corrected chi connectivity index (χ1v) is 5.12. The summed E-state index contributed by atoms with van der Waals surface area (Å²) in [5.74, 6) is -4.26. The van der Waals surface area contributed by atoms with Crippen LogP contribution in [0.15, 0.2) is 24.4 Å². The largest absolute Gasteiger partial charge is 0.243 e. The molecule has 1 aromatic carbocycles. The van der Waals surface area contributed by atoms with Crippen molar-refractivity contribution in [3.8, 4) is 17.2 Å². The fourth-order valence-electron chi connectivity index (χ4n) is 1.50. The molecule has 2 aromatic rings. The first kappa shape index (κ1) is 12.4. The molecule has 0 fully saturated rings. The molecule has 2 nitrogen and oxygen atoms in total. The normalized spacial score (nSPS) is 10.2. The van der Waals surface area contributed by atoms with E-state index < -0.39 is 17.5 Å². The third-order valence-electron chi connectivity index (χ3n) is 2.34. The van der Waals surface area contributed by atoms with Crippen molar-refractivity contribution in [3.05, 3.63) is 52.6 Å². The predicted molar refractivity (Wildman–Crippen MR) is 59.3 cm³/mol. The summed E-state index contributed by atoms with van der Waals surface area (Å²) in [6.45, 7) is 0. The Labute approximate surface area is 105 Å². The molecule has 0 aliphatic heterocycles. The fraction of sp³-hybridized carbons (Fsp3) is 0. The molecule has 0 aliphatic carbocycles. The number of hydrogen-bond donors (Lipinski definition) is 0. The number of hydrogen-bond acceptors (Lipinski definition) is 2. The third kappa shape index (κ3) is 1.91. The molecule has 0 saturated heterocycles. The van der Waals surface area contributed by atoms with Crippen molar-refractivity contribution in [2.75, 3.05) is 0 Å². The quantitative estimate of drug-likeness (QED) is 0.584. The summed E-state index contributed by atoms with van der Waals surface area (Å²) >= 11 is 5.68. The van der Waals surface area contributed by atoms with E-state index in [1.165, 1.54) is 12.3 Å². The van der Waals surface area contributed by atoms with Gasteiger partial charge in [-0.25, -0.2) is 18.2 Å². The van der Waals surface area contributed by atoms with E-state index in [2.05, 4.69) is 4.98 Å². The van der Waals surface area contributed by atoms with Crippen molar-refractivity contribution in [3.63, 3.8) is 0 Å². The van der Waals surface area contributed by atoms with Crippen LogP contribution < -0.4 is 0 Å². The molecule has 6 heteroatoms. The number of halogens is 4. The van der Waals surface area contributed by atoms with Crippen LogP contribution >= 0.6 is 11.6 Å². The average Bonchev–Trinajstić information content (AvgIpc) is 2.36. The van der Waals surface area contributed by atoms with Gasteiger partial charge in [0, 0.05) is 17.3 Å². The maximum absolute atomic E-state index is 13.6. The lowest BCUT2D eigenvalue weighted by atomic mass is 10.0. The van der Waals surface area contributed by atoms with Gasteiger partial charge in [-0.1, -0.05) is 11.6 Å². The van der Waals surface area contributed by atoms with E-state index in [9.17, 15) is 13.2 Å². The van der Waals surface area contributed by atoms with Gasteiger partial charge in [0.2, 0.25) is 0 Å². The van der Waals surface area contributed by atoms with Crippen molar-refractivity contribution in [2.45, 2.75) is 0 Å². The van der Waals surface area contributed by atoms with E-state index in [1.807, 2.05) is 0 Å². The molecule has 0 N–H and O–H groups in total. The minimum absolute atomic E-state index is 0.0638. The van der Waals surface area contributed by atoms with E-state index in [-0.39, 0.29) is 21.8 Å². The summed E-state index contributed by atoms with van der Waals surface area (Å²) in [6, 6.07) is 4.87. The zero-order valence-electron chi connectivity index (χ0n) is 8.72. The van der Waals surface area contributed by atoms with E-state index in [4.69, 9.17) is 16.9 Å². The van der Waals surface area contributed by atoms with Crippen LogP contribution in [-0.4, -0.2) is 4.98 Å². The van der Waals surface area contributed by atoms with Crippen LogP contribution in [0, 0.1) is 28.8 Å². The van der Waals surface area contributed by atoms with E-state index in [0.717, 1.165) is 12.1 Å². The van der Waals surface area contributed by atoms with Crippen LogP contribution in [0.3, 0.4) is 0 Å². The number of aromatic nitrogens is 1. The molecule has 0 spiro atoms. The van der Waals surface area contributed by atoms with Crippen molar-refractivity contribution in [1.29, 1.82) is 5.26 Å². The van der Waals surface area contributed by atoms with Crippen molar-refractivity contribution in [2.24, 2.45) is 0 Å². The Bertz CT molecular complexity index is 665. The first-order chi connectivity index (χ1) is 8.56. The van der Waals surface area contributed by atoms with Crippen molar-refractivity contribution in [1.82, 2.24) is 4.98 Å². The molecule has 2 rings (SSSR count). The van der Waals surface area contributed by atoms with Crippen LogP contribution in [0.25, 0.3) is 11.1 Å². The van der Waals surface area contributed by atoms with Crippen LogP contribution in [0.1, 0.15) is 5.56 Å². The summed E-state index contributed by atoms with van der Waals surface area (Å²) in [4.78, 5) is 3.66. The highest BCUT2D eigenvalue weighted by Crippen LogP contribution is 2.30. The lowest BCUT2D eigenvalue weighted by Gasteiger charge is -2.07. The lowest BCUT2D eigenvalue weighted by molar-refractivity contribution is 0.449. The van der Waals surface area contributed by atoms with Gasteiger partial charge in [-0.2, -0.15) is 5.26 Å². The van der Waals surface area contributed by atoms with Gasteiger partial charge in [0.1, 0.15) is 11.2 Å². The number of benzene rings is 1. The monoisotopic (exact) mass is 268 g/mol. The topological polar surface area (TPSA) is 36.7 Å². The number of rotatable bonds is 1. The molecule has 1 heterocycles. The van der Waals surface area contributed by atoms with Gasteiger partial charge in [-0.15, -0.1) is 0 Å². The zero-order chi connectivity index (χ0) is 13.3. The Kier molecular flexibility index (Phi) is 3.21. The lowest BCUT2D eigenvalue weighted by Crippen LogP contribution is -1.96. The van der Waals surface area contributed by atoms with Gasteiger partial charge in [-0.3, -0.25) is 0 Å². The highest BCUT2D eigenvalue weighted by Gasteiger charge is 2.18. The maximum Gasteiger partial charge on any atom is 0.195 e. The van der Waals surface area contributed by atoms with Gasteiger partial charge in [0.15, 0.2) is 17.5 Å². The van der Waals surface area contributed by atoms with Crippen molar-refractivity contribution >= 4 is 11.6 Å². The summed E-state index contributed by atoms with van der Waals surface area (Å²) in [5.41, 5.74) is -0.271. The summed E-state index contributed by atoms with van der Waals surface area (Å²) in [7, 11) is 0. The standard InChI is InChI=1S/C12H4ClF3N2/c13-12-8(5-17)6(3-4-18-12)7-1-2-9(14)11(16)10(7)15/h1-4H. The van der Waals surface area contributed by atoms with Crippen LogP contribution in [-0.2, 0) is 0 Å². The molecule has 0 aliphatic rings. The number of nitriles is 1. The van der Waals surface area contributed by atoms with Crippen LogP contribution in [0.4, 0.5) is 13.2 Å². The smallest absolute Gasteiger partial charge is 0.195 e. The molecule has 0 unspecified atom stereocenters. The average molecular weight is 269 g/mol. The first-order valence-electron chi connectivity index (χ1n) is 4.74. The summed E-state index contributed by atoms with van der Waals surface area (Å²) in [5, 5.41) is 8.78. The Balaban J connectivity index is 2.75. The van der Waals surface area contributed by atoms with Gasteiger partial charge in [0.05, 0.1) is 5.56 Å². The Morgan fingerprint density at radius 3 is 2.44 bits per heavy atom. The molecular weight excluding hydrogens is 265 g/mol. The second-order valence-corrected chi connectivity index (χ2v) is 3.72.